The molecule has 0 saturated carbocycles. The van der Waals surface area contributed by atoms with Gasteiger partial charge in [0.25, 0.3) is 11.6 Å². The molecule has 0 radical (unpaired) electrons. The van der Waals surface area contributed by atoms with Crippen LogP contribution in [0.2, 0.25) is 0 Å². The minimum atomic E-state index is -1.51. The number of carbonyl (C=O) groups is 3. The van der Waals surface area contributed by atoms with Gasteiger partial charge in [-0.3, -0.25) is 19.7 Å². The van der Waals surface area contributed by atoms with E-state index in [0.717, 1.165) is 6.07 Å². The van der Waals surface area contributed by atoms with Gasteiger partial charge in [-0.2, -0.15) is 0 Å². The highest BCUT2D eigenvalue weighted by molar-refractivity contribution is 5.98. The SMILES string of the molecule is CC(NC(=O)c1cccc([N+](=O)[O-])c1)C(=O)NC1(C(=O)O)CCOC1. The minimum absolute atomic E-state index is 0.0194. The number of carboxylic acid groups (broad SMARTS) is 1. The number of nitrogens with one attached hydrogen (secondary N) is 2. The zero-order valence-electron chi connectivity index (χ0n) is 13.4. The lowest BCUT2D eigenvalue weighted by Gasteiger charge is -2.25. The first-order chi connectivity index (χ1) is 11.7. The van der Waals surface area contributed by atoms with E-state index in [1.165, 1.54) is 25.1 Å². The Labute approximate surface area is 142 Å². The van der Waals surface area contributed by atoms with Crippen LogP contribution in [0.15, 0.2) is 24.3 Å². The molecule has 0 spiro atoms. The summed E-state index contributed by atoms with van der Waals surface area (Å²) < 4.78 is 5.04. The second kappa shape index (κ2) is 7.26. The number of hydrogen-bond acceptors (Lipinski definition) is 6. The number of rotatable bonds is 6. The van der Waals surface area contributed by atoms with Crippen LogP contribution in [-0.4, -0.2) is 52.6 Å². The van der Waals surface area contributed by atoms with Gasteiger partial charge in [0.1, 0.15) is 6.04 Å². The summed E-state index contributed by atoms with van der Waals surface area (Å²) in [5.74, 6) is -2.58. The van der Waals surface area contributed by atoms with Crippen molar-refractivity contribution in [2.75, 3.05) is 13.2 Å². The maximum Gasteiger partial charge on any atom is 0.331 e. The van der Waals surface area contributed by atoms with Crippen LogP contribution >= 0.6 is 0 Å². The molecule has 10 nitrogen and oxygen atoms in total. The van der Waals surface area contributed by atoms with E-state index in [0.29, 0.717) is 0 Å². The van der Waals surface area contributed by atoms with E-state index in [2.05, 4.69) is 10.6 Å². The van der Waals surface area contributed by atoms with Gasteiger partial charge in [0, 0.05) is 30.7 Å². The lowest BCUT2D eigenvalue weighted by atomic mass is 9.98. The van der Waals surface area contributed by atoms with Crippen molar-refractivity contribution in [1.82, 2.24) is 10.6 Å². The molecule has 25 heavy (non-hydrogen) atoms. The third-order valence-corrected chi connectivity index (χ3v) is 3.85. The Morgan fingerprint density at radius 3 is 2.68 bits per heavy atom. The number of nitrogens with zero attached hydrogens (tertiary/aromatic N) is 1. The van der Waals surface area contributed by atoms with Gasteiger partial charge < -0.3 is 20.5 Å². The molecule has 10 heteroatoms. The Morgan fingerprint density at radius 2 is 2.12 bits per heavy atom. The lowest BCUT2D eigenvalue weighted by molar-refractivity contribution is -0.384. The predicted octanol–water partition coefficient (Wildman–Crippen LogP) is 0.0730. The largest absolute Gasteiger partial charge is 0.479 e. The van der Waals surface area contributed by atoms with Crippen molar-refractivity contribution in [3.8, 4) is 0 Å². The highest BCUT2D eigenvalue weighted by Gasteiger charge is 2.44. The number of benzene rings is 1. The molecule has 134 valence electrons. The van der Waals surface area contributed by atoms with Crippen molar-refractivity contribution < 1.29 is 29.2 Å². The lowest BCUT2D eigenvalue weighted by Crippen LogP contribution is -2.59. The number of ether oxygens (including phenoxy) is 1. The van der Waals surface area contributed by atoms with Crippen LogP contribution < -0.4 is 10.6 Å². The van der Waals surface area contributed by atoms with E-state index >= 15 is 0 Å². The summed E-state index contributed by atoms with van der Waals surface area (Å²) in [6.07, 6.45) is 0.125. The van der Waals surface area contributed by atoms with Crippen LogP contribution in [0.25, 0.3) is 0 Å². The molecule has 1 aliphatic rings. The highest BCUT2D eigenvalue weighted by Crippen LogP contribution is 2.19. The highest BCUT2D eigenvalue weighted by atomic mass is 16.6. The molecule has 1 aliphatic heterocycles. The van der Waals surface area contributed by atoms with Gasteiger partial charge in [-0.25, -0.2) is 4.79 Å². The van der Waals surface area contributed by atoms with Crippen LogP contribution in [0.5, 0.6) is 0 Å². The van der Waals surface area contributed by atoms with Crippen LogP contribution in [0.3, 0.4) is 0 Å². The fourth-order valence-electron chi connectivity index (χ4n) is 2.34. The quantitative estimate of drug-likeness (QED) is 0.485. The molecule has 2 amide bonds. The molecule has 1 heterocycles. The number of amides is 2. The summed E-state index contributed by atoms with van der Waals surface area (Å²) in [6, 6.07) is 4.01. The average molecular weight is 351 g/mol. The molecular formula is C15H17N3O7. The molecule has 2 rings (SSSR count). The molecule has 0 aliphatic carbocycles. The number of carbonyl (C=O) groups excluding carboxylic acids is 2. The van der Waals surface area contributed by atoms with E-state index in [4.69, 9.17) is 4.74 Å². The number of aliphatic carboxylic acids is 1. The summed E-state index contributed by atoms with van der Waals surface area (Å²) in [4.78, 5) is 45.8. The zero-order chi connectivity index (χ0) is 18.6. The van der Waals surface area contributed by atoms with E-state index in [1.54, 1.807) is 0 Å². The summed E-state index contributed by atoms with van der Waals surface area (Å²) in [5.41, 5.74) is -1.74. The molecule has 0 bridgehead atoms. The predicted molar refractivity (Wildman–Crippen MR) is 84.0 cm³/mol. The van der Waals surface area contributed by atoms with Crippen molar-refractivity contribution in [3.63, 3.8) is 0 Å². The minimum Gasteiger partial charge on any atom is -0.479 e. The second-order valence-corrected chi connectivity index (χ2v) is 5.68. The van der Waals surface area contributed by atoms with Gasteiger partial charge in [0.15, 0.2) is 5.54 Å². The Balaban J connectivity index is 2.03. The van der Waals surface area contributed by atoms with Crippen molar-refractivity contribution in [2.45, 2.75) is 24.9 Å². The first kappa shape index (κ1) is 18.3. The number of hydrogen-bond donors (Lipinski definition) is 3. The van der Waals surface area contributed by atoms with Crippen LogP contribution in [0.4, 0.5) is 5.69 Å². The zero-order valence-corrected chi connectivity index (χ0v) is 13.4. The van der Waals surface area contributed by atoms with Gasteiger partial charge >= 0.3 is 5.97 Å². The average Bonchev–Trinajstić information content (AvgIpc) is 3.04. The van der Waals surface area contributed by atoms with Crippen LogP contribution in [-0.2, 0) is 14.3 Å². The third-order valence-electron chi connectivity index (χ3n) is 3.85. The third kappa shape index (κ3) is 4.10. The summed E-state index contributed by atoms with van der Waals surface area (Å²) >= 11 is 0. The Kier molecular flexibility index (Phi) is 5.32. The van der Waals surface area contributed by atoms with Gasteiger partial charge in [0.2, 0.25) is 5.91 Å². The topological polar surface area (TPSA) is 148 Å². The van der Waals surface area contributed by atoms with E-state index < -0.39 is 34.3 Å². The van der Waals surface area contributed by atoms with Crippen LogP contribution in [0, 0.1) is 10.1 Å². The van der Waals surface area contributed by atoms with E-state index in [9.17, 15) is 29.6 Å². The maximum absolute atomic E-state index is 12.2. The second-order valence-electron chi connectivity index (χ2n) is 5.68. The molecule has 0 aromatic heterocycles. The maximum atomic E-state index is 12.2. The summed E-state index contributed by atoms with van der Waals surface area (Å²) in [7, 11) is 0. The first-order valence-electron chi connectivity index (χ1n) is 7.44. The van der Waals surface area contributed by atoms with Crippen molar-refractivity contribution >= 4 is 23.5 Å². The molecule has 2 atom stereocenters. The van der Waals surface area contributed by atoms with Crippen LogP contribution in [0.1, 0.15) is 23.7 Å². The smallest absolute Gasteiger partial charge is 0.331 e. The van der Waals surface area contributed by atoms with Gasteiger partial charge in [-0.15, -0.1) is 0 Å². The number of non-ortho nitro benzene ring substituents is 1. The monoisotopic (exact) mass is 351 g/mol. The van der Waals surface area contributed by atoms with E-state index in [1.807, 2.05) is 0 Å². The standard InChI is InChI=1S/C15H17N3O7/c1-9(12(19)17-15(14(21)22)5-6-25-8-15)16-13(20)10-3-2-4-11(7-10)18(23)24/h2-4,7,9H,5-6,8H2,1H3,(H,16,20)(H,17,19)(H,21,22). The molecular weight excluding hydrogens is 334 g/mol. The molecule has 3 N–H and O–H groups in total. The Morgan fingerprint density at radius 1 is 1.40 bits per heavy atom. The van der Waals surface area contributed by atoms with Gasteiger partial charge in [-0.1, -0.05) is 6.07 Å². The van der Waals surface area contributed by atoms with Crippen molar-refractivity contribution in [2.24, 2.45) is 0 Å². The number of carboxylic acids is 1. The Hall–Kier alpha value is -3.01. The normalized spacial score (nSPS) is 20.5. The fraction of sp³-hybridized carbons (Fsp3) is 0.400. The molecule has 1 fully saturated rings. The van der Waals surface area contributed by atoms with Crippen molar-refractivity contribution in [3.05, 3.63) is 39.9 Å². The number of nitro groups is 1. The van der Waals surface area contributed by atoms with E-state index in [-0.39, 0.29) is 30.9 Å². The molecule has 2 unspecified atom stereocenters. The summed E-state index contributed by atoms with van der Waals surface area (Å²) in [5, 5.41) is 24.8. The molecule has 1 aromatic carbocycles. The molecule has 1 aromatic rings. The fourth-order valence-corrected chi connectivity index (χ4v) is 2.34. The van der Waals surface area contributed by atoms with Gasteiger partial charge in [0.05, 0.1) is 11.5 Å². The summed E-state index contributed by atoms with van der Waals surface area (Å²) in [6.45, 7) is 1.44. The Bertz CT molecular complexity index is 713. The van der Waals surface area contributed by atoms with Gasteiger partial charge in [-0.05, 0) is 13.0 Å². The number of nitro benzene ring substituents is 1. The molecule has 1 saturated heterocycles. The first-order valence-corrected chi connectivity index (χ1v) is 7.44. The van der Waals surface area contributed by atoms with Crippen molar-refractivity contribution in [1.29, 1.82) is 0 Å².